The van der Waals surface area contributed by atoms with E-state index in [0.717, 1.165) is 0 Å². The molecule has 0 amide bonds. The molecule has 150 valence electrons. The second kappa shape index (κ2) is 7.96. The molecule has 4 rings (SSSR count). The van der Waals surface area contributed by atoms with E-state index < -0.39 is 17.4 Å². The Bertz CT molecular complexity index is 1320. The van der Waals surface area contributed by atoms with Gasteiger partial charge in [0.15, 0.2) is 5.69 Å². The fraction of sp³-hybridized carbons (Fsp3) is 0.0909. The third-order valence-corrected chi connectivity index (χ3v) is 4.66. The second-order valence-electron chi connectivity index (χ2n) is 6.35. The van der Waals surface area contributed by atoms with E-state index in [2.05, 4.69) is 5.10 Å². The molecule has 0 saturated carbocycles. The molecule has 0 aliphatic rings. The predicted molar refractivity (Wildman–Crippen MR) is 110 cm³/mol. The van der Waals surface area contributed by atoms with Gasteiger partial charge in [-0.1, -0.05) is 29.8 Å². The Balaban J connectivity index is 1.85. The summed E-state index contributed by atoms with van der Waals surface area (Å²) in [5, 5.41) is 5.33. The molecule has 7 nitrogen and oxygen atoms in total. The summed E-state index contributed by atoms with van der Waals surface area (Å²) in [4.78, 5) is 38.0. The average molecular weight is 423 g/mol. The summed E-state index contributed by atoms with van der Waals surface area (Å²) in [6.07, 6.45) is 1.38. The molecule has 0 aliphatic carbocycles. The molecule has 2 aromatic carbocycles. The number of hydrogen-bond acceptors (Lipinski definition) is 6. The van der Waals surface area contributed by atoms with Crippen molar-refractivity contribution in [1.29, 1.82) is 0 Å². The van der Waals surface area contributed by atoms with Gasteiger partial charge in [0.2, 0.25) is 5.78 Å². The van der Waals surface area contributed by atoms with Gasteiger partial charge < -0.3 is 9.15 Å². The molecular weight excluding hydrogens is 408 g/mol. The highest BCUT2D eigenvalue weighted by atomic mass is 35.5. The first-order valence-electron chi connectivity index (χ1n) is 9.08. The van der Waals surface area contributed by atoms with E-state index in [9.17, 15) is 14.4 Å². The number of hydrogen-bond donors (Lipinski definition) is 0. The molecule has 0 N–H and O–H groups in total. The van der Waals surface area contributed by atoms with Crippen LogP contribution < -0.4 is 5.63 Å². The van der Waals surface area contributed by atoms with Gasteiger partial charge in [-0.25, -0.2) is 14.3 Å². The van der Waals surface area contributed by atoms with Crippen LogP contribution in [0, 0.1) is 0 Å². The zero-order valence-electron chi connectivity index (χ0n) is 15.8. The van der Waals surface area contributed by atoms with Crippen LogP contribution in [0.1, 0.15) is 33.3 Å². The second-order valence-corrected chi connectivity index (χ2v) is 6.78. The minimum absolute atomic E-state index is 0.0639. The van der Waals surface area contributed by atoms with Crippen LogP contribution in [-0.2, 0) is 4.74 Å². The SMILES string of the molecule is CCOC(=O)c1nn(-c2ccc(Cl)cc2)cc1C(=O)c1cc2ccccc2oc1=O. The lowest BCUT2D eigenvalue weighted by atomic mass is 10.0. The van der Waals surface area contributed by atoms with Crippen molar-refractivity contribution in [3.8, 4) is 5.69 Å². The molecule has 0 saturated heterocycles. The number of ketones is 1. The Morgan fingerprint density at radius 1 is 1.10 bits per heavy atom. The zero-order valence-corrected chi connectivity index (χ0v) is 16.6. The van der Waals surface area contributed by atoms with E-state index in [1.165, 1.54) is 16.9 Å². The number of para-hydroxylation sites is 1. The van der Waals surface area contributed by atoms with Crippen LogP contribution in [0.4, 0.5) is 0 Å². The number of carbonyl (C=O) groups excluding carboxylic acids is 2. The van der Waals surface area contributed by atoms with Gasteiger partial charge in [0.05, 0.1) is 17.9 Å². The van der Waals surface area contributed by atoms with Gasteiger partial charge in [0.1, 0.15) is 11.1 Å². The first-order valence-corrected chi connectivity index (χ1v) is 9.46. The van der Waals surface area contributed by atoms with Crippen molar-refractivity contribution in [2.75, 3.05) is 6.61 Å². The largest absolute Gasteiger partial charge is 0.461 e. The van der Waals surface area contributed by atoms with Crippen molar-refractivity contribution in [3.63, 3.8) is 0 Å². The zero-order chi connectivity index (χ0) is 21.3. The molecule has 4 aromatic rings. The van der Waals surface area contributed by atoms with E-state index in [-0.39, 0.29) is 23.4 Å². The molecule has 2 aromatic heterocycles. The monoisotopic (exact) mass is 422 g/mol. The summed E-state index contributed by atoms with van der Waals surface area (Å²) in [5.41, 5.74) is -0.311. The highest BCUT2D eigenvalue weighted by Crippen LogP contribution is 2.20. The molecule has 0 unspecified atom stereocenters. The maximum absolute atomic E-state index is 13.2. The summed E-state index contributed by atoms with van der Waals surface area (Å²) in [6.45, 7) is 1.76. The number of aromatic nitrogens is 2. The van der Waals surface area contributed by atoms with E-state index in [1.54, 1.807) is 55.5 Å². The van der Waals surface area contributed by atoms with Crippen molar-refractivity contribution in [2.45, 2.75) is 6.92 Å². The summed E-state index contributed by atoms with van der Waals surface area (Å²) < 4.78 is 11.6. The van der Waals surface area contributed by atoms with E-state index in [1.807, 2.05) is 0 Å². The minimum atomic E-state index is -0.798. The maximum atomic E-state index is 13.2. The van der Waals surface area contributed by atoms with Gasteiger partial charge in [-0.3, -0.25) is 4.79 Å². The molecule has 0 fully saturated rings. The highest BCUT2D eigenvalue weighted by Gasteiger charge is 2.27. The minimum Gasteiger partial charge on any atom is -0.461 e. The Labute approximate surface area is 175 Å². The van der Waals surface area contributed by atoms with Gasteiger partial charge in [-0.05, 0) is 43.3 Å². The summed E-state index contributed by atoms with van der Waals surface area (Å²) in [7, 11) is 0. The third-order valence-electron chi connectivity index (χ3n) is 4.40. The fourth-order valence-corrected chi connectivity index (χ4v) is 3.11. The molecule has 2 heterocycles. The number of rotatable bonds is 5. The molecule has 8 heteroatoms. The standard InChI is InChI=1S/C22H15ClN2O5/c1-2-29-22(28)19-17(12-25(24-19)15-9-7-14(23)8-10-15)20(26)16-11-13-5-3-4-6-18(13)30-21(16)27/h3-12H,2H2,1H3. The molecular formula is C22H15ClN2O5. The lowest BCUT2D eigenvalue weighted by molar-refractivity contribution is 0.0516. The highest BCUT2D eigenvalue weighted by molar-refractivity contribution is 6.30. The van der Waals surface area contributed by atoms with Crippen LogP contribution in [-0.4, -0.2) is 28.1 Å². The van der Waals surface area contributed by atoms with Crippen molar-refractivity contribution < 1.29 is 18.7 Å². The quantitative estimate of drug-likeness (QED) is 0.274. The molecule has 0 spiro atoms. The maximum Gasteiger partial charge on any atom is 0.359 e. The van der Waals surface area contributed by atoms with E-state index in [4.69, 9.17) is 20.8 Å². The lowest BCUT2D eigenvalue weighted by Gasteiger charge is -2.02. The fourth-order valence-electron chi connectivity index (χ4n) is 2.98. The first kappa shape index (κ1) is 19.6. The van der Waals surface area contributed by atoms with Crippen molar-refractivity contribution in [2.24, 2.45) is 0 Å². The van der Waals surface area contributed by atoms with Crippen molar-refractivity contribution >= 4 is 34.3 Å². The van der Waals surface area contributed by atoms with Crippen LogP contribution in [0.2, 0.25) is 5.02 Å². The molecule has 0 radical (unpaired) electrons. The van der Waals surface area contributed by atoms with Crippen molar-refractivity contribution in [1.82, 2.24) is 9.78 Å². The van der Waals surface area contributed by atoms with Crippen LogP contribution in [0.3, 0.4) is 0 Å². The smallest absolute Gasteiger partial charge is 0.359 e. The van der Waals surface area contributed by atoms with E-state index >= 15 is 0 Å². The third kappa shape index (κ3) is 3.62. The number of benzene rings is 2. The van der Waals surface area contributed by atoms with Gasteiger partial charge in [0.25, 0.3) is 0 Å². The van der Waals surface area contributed by atoms with Crippen LogP contribution in [0.5, 0.6) is 0 Å². The number of halogens is 1. The van der Waals surface area contributed by atoms with Gasteiger partial charge in [-0.2, -0.15) is 5.10 Å². The van der Waals surface area contributed by atoms with Crippen molar-refractivity contribution in [3.05, 3.63) is 93.1 Å². The van der Waals surface area contributed by atoms with Crippen LogP contribution >= 0.6 is 11.6 Å². The molecule has 30 heavy (non-hydrogen) atoms. The Hall–Kier alpha value is -3.71. The first-order chi connectivity index (χ1) is 14.5. The lowest BCUT2D eigenvalue weighted by Crippen LogP contribution is -2.17. The number of carbonyl (C=O) groups is 2. The normalized spacial score (nSPS) is 10.9. The Kier molecular flexibility index (Phi) is 5.20. The molecule has 0 aliphatic heterocycles. The molecule has 0 atom stereocenters. The number of esters is 1. The predicted octanol–water partition coefficient (Wildman–Crippen LogP) is 4.04. The average Bonchev–Trinajstić information content (AvgIpc) is 3.19. The molecule has 0 bridgehead atoms. The summed E-state index contributed by atoms with van der Waals surface area (Å²) in [5.74, 6) is -1.45. The van der Waals surface area contributed by atoms with Crippen LogP contribution in [0.25, 0.3) is 16.7 Å². The topological polar surface area (TPSA) is 91.4 Å². The summed E-state index contributed by atoms with van der Waals surface area (Å²) in [6, 6.07) is 15.0. The van der Waals surface area contributed by atoms with Gasteiger partial charge in [0, 0.05) is 16.6 Å². The van der Waals surface area contributed by atoms with Gasteiger partial charge in [-0.15, -0.1) is 0 Å². The van der Waals surface area contributed by atoms with Crippen LogP contribution in [0.15, 0.2) is 70.0 Å². The number of ether oxygens (including phenoxy) is 1. The number of nitrogens with zero attached hydrogens (tertiary/aromatic N) is 2. The Morgan fingerprint density at radius 2 is 1.83 bits per heavy atom. The summed E-state index contributed by atoms with van der Waals surface area (Å²) >= 11 is 5.92. The van der Waals surface area contributed by atoms with Gasteiger partial charge >= 0.3 is 11.6 Å². The number of fused-ring (bicyclic) bond motifs is 1. The Morgan fingerprint density at radius 3 is 2.57 bits per heavy atom. The van der Waals surface area contributed by atoms with E-state index in [0.29, 0.717) is 21.7 Å².